The molecule has 1 aromatic heterocycles. The van der Waals surface area contributed by atoms with E-state index < -0.39 is 0 Å². The van der Waals surface area contributed by atoms with Crippen LogP contribution < -0.4 is 5.32 Å². The lowest BCUT2D eigenvalue weighted by atomic mass is 9.96. The molecule has 0 saturated carbocycles. The van der Waals surface area contributed by atoms with Crippen molar-refractivity contribution in [3.63, 3.8) is 0 Å². The van der Waals surface area contributed by atoms with Crippen LogP contribution in [0.3, 0.4) is 0 Å². The highest BCUT2D eigenvalue weighted by Crippen LogP contribution is 2.29. The number of nitrogens with one attached hydrogen (secondary N) is 1. The Hall–Kier alpha value is -1.63. The average Bonchev–Trinajstić information content (AvgIpc) is 3.30. The van der Waals surface area contributed by atoms with Gasteiger partial charge < -0.3 is 19.5 Å². The molecule has 2 saturated heterocycles. The standard InChI is InChI=1S/C20H33N5O2/c26-20(21-10-4-5-16-9-14-27-15-16)24-12-7-17(8-13-24)19-23-22-18-6-2-1-3-11-25(18)19/h16-17H,1-15H2,(H,21,26)/t16-/m1/s1. The molecule has 4 rings (SSSR count). The van der Waals surface area contributed by atoms with Gasteiger partial charge in [-0.25, -0.2) is 4.79 Å². The molecule has 1 N–H and O–H groups in total. The minimum Gasteiger partial charge on any atom is -0.381 e. The maximum Gasteiger partial charge on any atom is 0.317 e. The van der Waals surface area contributed by atoms with Gasteiger partial charge in [-0.3, -0.25) is 0 Å². The molecule has 0 spiro atoms. The first kappa shape index (κ1) is 18.7. The Labute approximate surface area is 161 Å². The predicted molar refractivity (Wildman–Crippen MR) is 103 cm³/mol. The molecule has 27 heavy (non-hydrogen) atoms. The van der Waals surface area contributed by atoms with Crippen LogP contribution in [-0.4, -0.2) is 58.5 Å². The van der Waals surface area contributed by atoms with E-state index >= 15 is 0 Å². The van der Waals surface area contributed by atoms with E-state index in [0.29, 0.717) is 11.8 Å². The number of fused-ring (bicyclic) bond motifs is 1. The van der Waals surface area contributed by atoms with Crippen molar-refractivity contribution >= 4 is 6.03 Å². The Morgan fingerprint density at radius 3 is 2.81 bits per heavy atom. The van der Waals surface area contributed by atoms with E-state index in [2.05, 4.69) is 20.1 Å². The third-order valence-electron chi connectivity index (χ3n) is 6.37. The van der Waals surface area contributed by atoms with Gasteiger partial charge in [0.2, 0.25) is 0 Å². The number of ether oxygens (including phenoxy) is 1. The molecule has 0 bridgehead atoms. The molecule has 150 valence electrons. The van der Waals surface area contributed by atoms with Gasteiger partial charge in [0, 0.05) is 51.7 Å². The summed E-state index contributed by atoms with van der Waals surface area (Å²) in [5.74, 6) is 3.45. The third-order valence-corrected chi connectivity index (χ3v) is 6.37. The lowest BCUT2D eigenvalue weighted by Crippen LogP contribution is -2.44. The van der Waals surface area contributed by atoms with Crippen molar-refractivity contribution < 1.29 is 9.53 Å². The van der Waals surface area contributed by atoms with Crippen LogP contribution in [-0.2, 0) is 17.7 Å². The van der Waals surface area contributed by atoms with Gasteiger partial charge in [-0.2, -0.15) is 0 Å². The van der Waals surface area contributed by atoms with E-state index in [1.165, 1.54) is 25.7 Å². The molecule has 0 aliphatic carbocycles. The number of hydrogen-bond donors (Lipinski definition) is 1. The summed E-state index contributed by atoms with van der Waals surface area (Å²) in [6.07, 6.45) is 10.2. The van der Waals surface area contributed by atoms with Crippen molar-refractivity contribution in [1.82, 2.24) is 25.0 Å². The van der Waals surface area contributed by atoms with Crippen molar-refractivity contribution in [3.8, 4) is 0 Å². The summed E-state index contributed by atoms with van der Waals surface area (Å²) in [6.45, 7) is 5.26. The number of aryl methyl sites for hydroxylation is 1. The normalized spacial score (nSPS) is 23.9. The van der Waals surface area contributed by atoms with Crippen molar-refractivity contribution in [2.45, 2.75) is 70.3 Å². The zero-order valence-corrected chi connectivity index (χ0v) is 16.4. The number of piperidine rings is 1. The summed E-state index contributed by atoms with van der Waals surface area (Å²) in [7, 11) is 0. The molecular weight excluding hydrogens is 342 g/mol. The molecule has 3 aliphatic heterocycles. The molecule has 0 radical (unpaired) electrons. The van der Waals surface area contributed by atoms with Crippen LogP contribution in [0.15, 0.2) is 0 Å². The topological polar surface area (TPSA) is 72.3 Å². The number of urea groups is 1. The third kappa shape index (κ3) is 4.62. The van der Waals surface area contributed by atoms with E-state index in [4.69, 9.17) is 4.74 Å². The number of aromatic nitrogens is 3. The Morgan fingerprint density at radius 2 is 2.00 bits per heavy atom. The molecule has 0 unspecified atom stereocenters. The number of amides is 2. The first-order valence-electron chi connectivity index (χ1n) is 10.8. The number of carbonyl (C=O) groups excluding carboxylic acids is 1. The summed E-state index contributed by atoms with van der Waals surface area (Å²) in [4.78, 5) is 14.4. The highest BCUT2D eigenvalue weighted by Gasteiger charge is 2.28. The fraction of sp³-hybridized carbons (Fsp3) is 0.850. The van der Waals surface area contributed by atoms with Gasteiger partial charge >= 0.3 is 6.03 Å². The van der Waals surface area contributed by atoms with Crippen molar-refractivity contribution in [1.29, 1.82) is 0 Å². The quantitative estimate of drug-likeness (QED) is 0.803. The van der Waals surface area contributed by atoms with Gasteiger partial charge in [-0.1, -0.05) is 6.42 Å². The molecule has 1 aromatic rings. The molecule has 4 heterocycles. The largest absolute Gasteiger partial charge is 0.381 e. The van der Waals surface area contributed by atoms with Crippen molar-refractivity contribution in [2.75, 3.05) is 32.8 Å². The molecule has 3 aliphatic rings. The monoisotopic (exact) mass is 375 g/mol. The minimum absolute atomic E-state index is 0.0937. The second kappa shape index (κ2) is 9.04. The summed E-state index contributed by atoms with van der Waals surface area (Å²) in [5, 5.41) is 12.1. The fourth-order valence-electron chi connectivity index (χ4n) is 4.66. The van der Waals surface area contributed by atoms with Gasteiger partial charge in [-0.05, 0) is 50.9 Å². The predicted octanol–water partition coefficient (Wildman–Crippen LogP) is 2.71. The average molecular weight is 376 g/mol. The number of carbonyl (C=O) groups is 1. The summed E-state index contributed by atoms with van der Waals surface area (Å²) in [6, 6.07) is 0.0937. The number of rotatable bonds is 5. The minimum atomic E-state index is 0.0937. The second-order valence-corrected chi connectivity index (χ2v) is 8.30. The Morgan fingerprint density at radius 1 is 1.11 bits per heavy atom. The highest BCUT2D eigenvalue weighted by atomic mass is 16.5. The molecule has 7 heteroatoms. The van der Waals surface area contributed by atoms with Crippen LogP contribution in [0.5, 0.6) is 0 Å². The SMILES string of the molecule is O=C(NCCC[C@@H]1CCOC1)N1CCC(c2nnc3n2CCCCC3)CC1. The van der Waals surface area contributed by atoms with Crippen LogP contribution in [0, 0.1) is 5.92 Å². The van der Waals surface area contributed by atoms with Gasteiger partial charge in [0.1, 0.15) is 11.6 Å². The lowest BCUT2D eigenvalue weighted by Gasteiger charge is -2.31. The van der Waals surface area contributed by atoms with Crippen LogP contribution in [0.1, 0.15) is 68.9 Å². The fourth-order valence-corrected chi connectivity index (χ4v) is 4.66. The van der Waals surface area contributed by atoms with E-state index in [-0.39, 0.29) is 6.03 Å². The molecule has 1 atom stereocenters. The second-order valence-electron chi connectivity index (χ2n) is 8.30. The smallest absolute Gasteiger partial charge is 0.317 e. The van der Waals surface area contributed by atoms with Crippen LogP contribution in [0.25, 0.3) is 0 Å². The van der Waals surface area contributed by atoms with Gasteiger partial charge in [0.15, 0.2) is 0 Å². The Balaban J connectivity index is 1.20. The first-order chi connectivity index (χ1) is 13.3. The molecule has 7 nitrogen and oxygen atoms in total. The molecule has 2 amide bonds. The van der Waals surface area contributed by atoms with E-state index in [9.17, 15) is 4.79 Å². The van der Waals surface area contributed by atoms with Crippen LogP contribution >= 0.6 is 0 Å². The van der Waals surface area contributed by atoms with E-state index in [1.54, 1.807) is 0 Å². The summed E-state index contributed by atoms with van der Waals surface area (Å²) >= 11 is 0. The maximum absolute atomic E-state index is 12.4. The van der Waals surface area contributed by atoms with Gasteiger partial charge in [0.05, 0.1) is 0 Å². The number of hydrogen-bond acceptors (Lipinski definition) is 4. The Bertz CT molecular complexity index is 618. The zero-order valence-electron chi connectivity index (χ0n) is 16.4. The zero-order chi connectivity index (χ0) is 18.5. The van der Waals surface area contributed by atoms with Crippen molar-refractivity contribution in [3.05, 3.63) is 11.6 Å². The van der Waals surface area contributed by atoms with Crippen LogP contribution in [0.2, 0.25) is 0 Å². The van der Waals surface area contributed by atoms with Gasteiger partial charge in [-0.15, -0.1) is 10.2 Å². The van der Waals surface area contributed by atoms with Crippen molar-refractivity contribution in [2.24, 2.45) is 5.92 Å². The van der Waals surface area contributed by atoms with E-state index in [0.717, 1.165) is 83.1 Å². The van der Waals surface area contributed by atoms with Crippen LogP contribution in [0.4, 0.5) is 4.79 Å². The number of nitrogens with zero attached hydrogens (tertiary/aromatic N) is 4. The lowest BCUT2D eigenvalue weighted by molar-refractivity contribution is 0.178. The molecule has 0 aromatic carbocycles. The molecule has 2 fully saturated rings. The summed E-state index contributed by atoms with van der Waals surface area (Å²) in [5.41, 5.74) is 0. The Kier molecular flexibility index (Phi) is 6.27. The summed E-state index contributed by atoms with van der Waals surface area (Å²) < 4.78 is 7.77. The highest BCUT2D eigenvalue weighted by molar-refractivity contribution is 5.74. The molecular formula is C20H33N5O2. The van der Waals surface area contributed by atoms with E-state index in [1.807, 2.05) is 4.90 Å². The van der Waals surface area contributed by atoms with Gasteiger partial charge in [0.25, 0.3) is 0 Å². The first-order valence-corrected chi connectivity index (χ1v) is 10.8. The maximum atomic E-state index is 12.4. The number of likely N-dealkylation sites (tertiary alicyclic amines) is 1.